The van der Waals surface area contributed by atoms with Gasteiger partial charge in [-0.2, -0.15) is 41.6 Å². The van der Waals surface area contributed by atoms with Crippen LogP contribution in [-0.4, -0.2) is 35.7 Å². The van der Waals surface area contributed by atoms with Crippen molar-refractivity contribution in [2.75, 3.05) is 5.32 Å². The third kappa shape index (κ3) is 4.89. The third-order valence-corrected chi connectivity index (χ3v) is 5.09. The Labute approximate surface area is 197 Å². The SMILES string of the molecule is Cc1c(F)cccc1Cn1ncc(C(=O)Nc2cnc(-n3nccn3)c(C(F)(F)F)c2)c1C(F)(F)F. The molecule has 0 fully saturated rings. The van der Waals surface area contributed by atoms with Crippen molar-refractivity contribution in [3.8, 4) is 5.82 Å². The quantitative estimate of drug-likeness (QED) is 0.393. The fourth-order valence-corrected chi connectivity index (χ4v) is 3.37. The van der Waals surface area contributed by atoms with E-state index in [2.05, 4.69) is 20.3 Å². The van der Waals surface area contributed by atoms with Crippen LogP contribution < -0.4 is 5.32 Å². The summed E-state index contributed by atoms with van der Waals surface area (Å²) in [6.45, 7) is 0.875. The van der Waals surface area contributed by atoms with Crippen LogP contribution in [0, 0.1) is 12.7 Å². The number of anilines is 1. The summed E-state index contributed by atoms with van der Waals surface area (Å²) in [7, 11) is 0. The van der Waals surface area contributed by atoms with Crippen molar-refractivity contribution >= 4 is 11.6 Å². The summed E-state index contributed by atoms with van der Waals surface area (Å²) in [6, 6.07) is 4.36. The van der Waals surface area contributed by atoms with Gasteiger partial charge >= 0.3 is 12.4 Å². The highest BCUT2D eigenvalue weighted by Crippen LogP contribution is 2.35. The lowest BCUT2D eigenvalue weighted by atomic mass is 10.1. The molecule has 188 valence electrons. The first kappa shape index (κ1) is 24.8. The van der Waals surface area contributed by atoms with E-state index in [4.69, 9.17) is 0 Å². The standard InChI is InChI=1S/C21H14F7N7O/c1-11-12(3-2-4-16(11)22)10-34-17(21(26,27)28)14(9-32-34)19(36)33-13-7-15(20(23,24)25)18(29-8-13)35-30-5-6-31-35/h2-9H,10H2,1H3,(H,33,36). The van der Waals surface area contributed by atoms with E-state index in [1.165, 1.54) is 19.1 Å². The Morgan fingerprint density at radius 3 is 2.33 bits per heavy atom. The number of nitrogens with one attached hydrogen (secondary N) is 1. The average Bonchev–Trinajstić information content (AvgIpc) is 3.46. The van der Waals surface area contributed by atoms with Crippen LogP contribution >= 0.6 is 0 Å². The van der Waals surface area contributed by atoms with E-state index in [1.54, 1.807) is 0 Å². The molecule has 1 aromatic carbocycles. The lowest BCUT2D eigenvalue weighted by molar-refractivity contribution is -0.144. The second kappa shape index (κ2) is 9.05. The summed E-state index contributed by atoms with van der Waals surface area (Å²) in [4.78, 5) is 16.9. The largest absolute Gasteiger partial charge is 0.433 e. The molecule has 1 amide bonds. The van der Waals surface area contributed by atoms with Crippen LogP contribution in [0.2, 0.25) is 0 Å². The van der Waals surface area contributed by atoms with Gasteiger partial charge in [-0.1, -0.05) is 12.1 Å². The van der Waals surface area contributed by atoms with Crippen LogP contribution in [0.25, 0.3) is 5.82 Å². The van der Waals surface area contributed by atoms with Gasteiger partial charge in [-0.15, -0.1) is 4.80 Å². The summed E-state index contributed by atoms with van der Waals surface area (Å²) in [5.74, 6) is -2.70. The molecule has 8 nitrogen and oxygen atoms in total. The first-order valence-electron chi connectivity index (χ1n) is 9.98. The molecule has 0 radical (unpaired) electrons. The third-order valence-electron chi connectivity index (χ3n) is 5.09. The topological polar surface area (TPSA) is 90.5 Å². The summed E-state index contributed by atoms with van der Waals surface area (Å²) < 4.78 is 96.6. The minimum absolute atomic E-state index is 0.102. The van der Waals surface area contributed by atoms with E-state index >= 15 is 0 Å². The molecule has 3 heterocycles. The van der Waals surface area contributed by atoms with E-state index in [0.29, 0.717) is 21.7 Å². The zero-order valence-electron chi connectivity index (χ0n) is 18.1. The molecule has 3 aromatic heterocycles. The van der Waals surface area contributed by atoms with Gasteiger partial charge in [0.2, 0.25) is 0 Å². The number of amides is 1. The van der Waals surface area contributed by atoms with Gasteiger partial charge in [0.05, 0.1) is 42.6 Å². The predicted octanol–water partition coefficient (Wildman–Crippen LogP) is 4.64. The molecule has 0 saturated heterocycles. The maximum atomic E-state index is 13.9. The molecule has 1 N–H and O–H groups in total. The fraction of sp³-hybridized carbons (Fsp3) is 0.190. The molecular formula is C21H14F7N7O. The molecule has 0 aliphatic carbocycles. The number of hydrogen-bond donors (Lipinski definition) is 1. The highest BCUT2D eigenvalue weighted by atomic mass is 19.4. The number of pyridine rings is 1. The normalized spacial score (nSPS) is 12.1. The number of carbonyl (C=O) groups excluding carboxylic acids is 1. The maximum Gasteiger partial charge on any atom is 0.433 e. The number of hydrogen-bond acceptors (Lipinski definition) is 5. The number of halogens is 7. The maximum absolute atomic E-state index is 13.9. The smallest absolute Gasteiger partial charge is 0.320 e. The molecule has 4 aromatic rings. The molecule has 4 rings (SSSR count). The number of aromatic nitrogens is 6. The van der Waals surface area contributed by atoms with Crippen molar-refractivity contribution in [2.45, 2.75) is 25.8 Å². The summed E-state index contributed by atoms with van der Waals surface area (Å²) >= 11 is 0. The number of alkyl halides is 6. The molecule has 36 heavy (non-hydrogen) atoms. The Bertz CT molecular complexity index is 1410. The predicted molar refractivity (Wildman–Crippen MR) is 110 cm³/mol. The monoisotopic (exact) mass is 513 g/mol. The van der Waals surface area contributed by atoms with Gasteiger partial charge in [0.25, 0.3) is 5.91 Å². The van der Waals surface area contributed by atoms with Crippen LogP contribution in [-0.2, 0) is 18.9 Å². The first-order valence-corrected chi connectivity index (χ1v) is 9.98. The second-order valence-electron chi connectivity index (χ2n) is 7.45. The molecule has 0 aliphatic heterocycles. The molecule has 0 spiro atoms. The van der Waals surface area contributed by atoms with E-state index in [9.17, 15) is 35.5 Å². The van der Waals surface area contributed by atoms with Crippen molar-refractivity contribution < 1.29 is 35.5 Å². The first-order chi connectivity index (χ1) is 16.9. The summed E-state index contributed by atoms with van der Waals surface area (Å²) in [5.41, 5.74) is -3.95. The Morgan fingerprint density at radius 1 is 1.00 bits per heavy atom. The van der Waals surface area contributed by atoms with E-state index in [0.717, 1.165) is 24.7 Å². The van der Waals surface area contributed by atoms with E-state index in [1.807, 2.05) is 5.32 Å². The van der Waals surface area contributed by atoms with Crippen LogP contribution in [0.4, 0.5) is 36.4 Å². The van der Waals surface area contributed by atoms with Crippen molar-refractivity contribution in [2.24, 2.45) is 0 Å². The van der Waals surface area contributed by atoms with Crippen molar-refractivity contribution in [3.05, 3.63) is 82.8 Å². The van der Waals surface area contributed by atoms with Crippen LogP contribution in [0.5, 0.6) is 0 Å². The van der Waals surface area contributed by atoms with Crippen LogP contribution in [0.3, 0.4) is 0 Å². The van der Waals surface area contributed by atoms with Gasteiger partial charge in [-0.05, 0) is 30.2 Å². The van der Waals surface area contributed by atoms with E-state index < -0.39 is 58.9 Å². The molecule has 0 bridgehead atoms. The summed E-state index contributed by atoms with van der Waals surface area (Å²) in [5, 5.41) is 12.8. The number of carbonyl (C=O) groups is 1. The molecule has 0 unspecified atom stereocenters. The minimum atomic E-state index is -5.06. The highest BCUT2D eigenvalue weighted by Gasteiger charge is 2.41. The van der Waals surface area contributed by atoms with Gasteiger partial charge in [0.15, 0.2) is 11.5 Å². The number of nitrogens with zero attached hydrogens (tertiary/aromatic N) is 6. The zero-order valence-corrected chi connectivity index (χ0v) is 18.1. The molecular weight excluding hydrogens is 499 g/mol. The van der Waals surface area contributed by atoms with Crippen LogP contribution in [0.15, 0.2) is 49.1 Å². The van der Waals surface area contributed by atoms with Crippen molar-refractivity contribution in [3.63, 3.8) is 0 Å². The molecule has 15 heteroatoms. The van der Waals surface area contributed by atoms with Gasteiger partial charge in [-0.25, -0.2) is 9.37 Å². The Kier molecular flexibility index (Phi) is 6.24. The average molecular weight is 513 g/mol. The van der Waals surface area contributed by atoms with Gasteiger partial charge in [0.1, 0.15) is 11.4 Å². The fourth-order valence-electron chi connectivity index (χ4n) is 3.37. The van der Waals surface area contributed by atoms with Crippen molar-refractivity contribution in [1.82, 2.24) is 29.8 Å². The van der Waals surface area contributed by atoms with Gasteiger partial charge in [-0.3, -0.25) is 9.48 Å². The minimum Gasteiger partial charge on any atom is -0.320 e. The lowest BCUT2D eigenvalue weighted by Crippen LogP contribution is -2.22. The van der Waals surface area contributed by atoms with Crippen molar-refractivity contribution in [1.29, 1.82) is 0 Å². The number of benzene rings is 1. The van der Waals surface area contributed by atoms with Crippen LogP contribution in [0.1, 0.15) is 32.7 Å². The van der Waals surface area contributed by atoms with Gasteiger partial charge < -0.3 is 5.32 Å². The molecule has 0 aliphatic rings. The number of rotatable bonds is 5. The Morgan fingerprint density at radius 2 is 1.69 bits per heavy atom. The lowest BCUT2D eigenvalue weighted by Gasteiger charge is -2.15. The van der Waals surface area contributed by atoms with Gasteiger partial charge in [0, 0.05) is 0 Å². The highest BCUT2D eigenvalue weighted by molar-refractivity contribution is 6.05. The summed E-state index contributed by atoms with van der Waals surface area (Å²) in [6.07, 6.45) is -6.30. The Hall–Kier alpha value is -4.30. The zero-order chi connectivity index (χ0) is 26.3. The molecule has 0 atom stereocenters. The molecule has 0 saturated carbocycles. The Balaban J connectivity index is 1.68. The van der Waals surface area contributed by atoms with E-state index in [-0.39, 0.29) is 11.1 Å². The second-order valence-corrected chi connectivity index (χ2v) is 7.45.